The van der Waals surface area contributed by atoms with Crippen molar-refractivity contribution in [3.8, 4) is 0 Å². The second kappa shape index (κ2) is 5.88. The second-order valence-electron chi connectivity index (χ2n) is 4.25. The van der Waals surface area contributed by atoms with E-state index in [0.717, 1.165) is 12.2 Å². The molecular weight excluding hydrogens is 318 g/mol. The van der Waals surface area contributed by atoms with E-state index >= 15 is 0 Å². The molecule has 2 heterocycles. The van der Waals surface area contributed by atoms with Crippen molar-refractivity contribution in [1.82, 2.24) is 4.98 Å². The zero-order valence-electron chi connectivity index (χ0n) is 9.98. The Bertz CT molecular complexity index is 464. The van der Waals surface area contributed by atoms with E-state index in [1.165, 1.54) is 18.4 Å². The van der Waals surface area contributed by atoms with Crippen molar-refractivity contribution in [3.05, 3.63) is 26.3 Å². The second-order valence-corrected chi connectivity index (χ2v) is 6.19. The van der Waals surface area contributed by atoms with Gasteiger partial charge < -0.3 is 5.32 Å². The normalized spacial score (nSPS) is 19.6. The molecular formula is C11H14BrN3O2S. The molecule has 1 N–H and O–H groups in total. The van der Waals surface area contributed by atoms with Gasteiger partial charge in [0.05, 0.1) is 9.40 Å². The smallest absolute Gasteiger partial charge is 0.291 e. The van der Waals surface area contributed by atoms with E-state index in [1.807, 2.05) is 11.8 Å². The van der Waals surface area contributed by atoms with Crippen molar-refractivity contribution in [3.63, 3.8) is 0 Å². The number of hydrogen-bond donors (Lipinski definition) is 1. The molecule has 1 aromatic rings. The fourth-order valence-corrected chi connectivity index (χ4v) is 3.39. The number of nitrogens with zero attached hydrogens (tertiary/aromatic N) is 2. The van der Waals surface area contributed by atoms with Gasteiger partial charge in [-0.1, -0.05) is 0 Å². The summed E-state index contributed by atoms with van der Waals surface area (Å²) in [5.41, 5.74) is 0.659. The van der Waals surface area contributed by atoms with E-state index in [0.29, 0.717) is 21.9 Å². The number of aromatic nitrogens is 1. The molecule has 0 aromatic carbocycles. The molecule has 0 saturated carbocycles. The first-order chi connectivity index (χ1) is 8.59. The number of anilines is 1. The molecule has 0 spiro atoms. The van der Waals surface area contributed by atoms with Crippen LogP contribution in [0.1, 0.15) is 18.4 Å². The minimum atomic E-state index is -0.409. The molecule has 98 valence electrons. The number of rotatable bonds is 3. The van der Waals surface area contributed by atoms with Crippen LogP contribution in [0.25, 0.3) is 0 Å². The number of hydrogen-bond acceptors (Lipinski definition) is 5. The van der Waals surface area contributed by atoms with E-state index < -0.39 is 4.92 Å². The Labute approximate surface area is 118 Å². The van der Waals surface area contributed by atoms with Crippen LogP contribution in [0.5, 0.6) is 0 Å². The summed E-state index contributed by atoms with van der Waals surface area (Å²) in [6.07, 6.45) is 3.64. The molecule has 1 aliphatic heterocycles. The highest BCUT2D eigenvalue weighted by Crippen LogP contribution is 2.32. The predicted molar refractivity (Wildman–Crippen MR) is 77.3 cm³/mol. The highest BCUT2D eigenvalue weighted by molar-refractivity contribution is 9.10. The zero-order chi connectivity index (χ0) is 13.1. The number of halogens is 1. The molecule has 1 atom stereocenters. The van der Waals surface area contributed by atoms with Crippen molar-refractivity contribution in [2.24, 2.45) is 0 Å². The summed E-state index contributed by atoms with van der Waals surface area (Å²) in [6.45, 7) is 1.73. The van der Waals surface area contributed by atoms with Crippen LogP contribution in [0.3, 0.4) is 0 Å². The number of nitro groups is 1. The number of nitrogens with one attached hydrogen (secondary N) is 1. The molecule has 1 unspecified atom stereocenters. The summed E-state index contributed by atoms with van der Waals surface area (Å²) in [4.78, 5) is 14.5. The molecule has 5 nitrogen and oxygen atoms in total. The standard InChI is InChI=1S/C11H14BrN3O2S/c1-7-9(15(16)17)5-13-11(10(7)12)14-8-3-2-4-18-6-8/h5,8H,2-4,6H2,1H3,(H,13,14). The van der Waals surface area contributed by atoms with Crippen LogP contribution >= 0.6 is 27.7 Å². The molecule has 7 heteroatoms. The van der Waals surface area contributed by atoms with Crippen LogP contribution < -0.4 is 5.32 Å². The maximum Gasteiger partial charge on any atom is 0.291 e. The van der Waals surface area contributed by atoms with Gasteiger partial charge in [0.15, 0.2) is 0 Å². The lowest BCUT2D eigenvalue weighted by molar-refractivity contribution is -0.385. The Morgan fingerprint density at radius 2 is 2.44 bits per heavy atom. The molecule has 0 bridgehead atoms. The largest absolute Gasteiger partial charge is 0.366 e. The lowest BCUT2D eigenvalue weighted by atomic mass is 10.2. The minimum absolute atomic E-state index is 0.0467. The maximum atomic E-state index is 10.8. The van der Waals surface area contributed by atoms with Gasteiger partial charge in [0.2, 0.25) is 0 Å². The number of pyridine rings is 1. The molecule has 1 aliphatic rings. The van der Waals surface area contributed by atoms with Gasteiger partial charge in [-0.2, -0.15) is 11.8 Å². The van der Waals surface area contributed by atoms with Crippen LogP contribution in [0.15, 0.2) is 10.7 Å². The summed E-state index contributed by atoms with van der Waals surface area (Å²) in [6, 6.07) is 0.397. The molecule has 0 radical (unpaired) electrons. The lowest BCUT2D eigenvalue weighted by Gasteiger charge is -2.23. The molecule has 0 amide bonds. The highest BCUT2D eigenvalue weighted by Gasteiger charge is 2.20. The van der Waals surface area contributed by atoms with Gasteiger partial charge in [-0.15, -0.1) is 0 Å². The quantitative estimate of drug-likeness (QED) is 0.679. The number of thioether (sulfide) groups is 1. The molecule has 2 rings (SSSR count). The Morgan fingerprint density at radius 1 is 1.67 bits per heavy atom. The average Bonchev–Trinajstić information content (AvgIpc) is 2.36. The first-order valence-corrected chi connectivity index (χ1v) is 7.68. The molecule has 0 aliphatic carbocycles. The summed E-state index contributed by atoms with van der Waals surface area (Å²) in [7, 11) is 0. The first-order valence-electron chi connectivity index (χ1n) is 5.73. The van der Waals surface area contributed by atoms with Crippen LogP contribution in [-0.4, -0.2) is 27.5 Å². The zero-order valence-corrected chi connectivity index (χ0v) is 12.4. The minimum Gasteiger partial charge on any atom is -0.366 e. The highest BCUT2D eigenvalue weighted by atomic mass is 79.9. The van der Waals surface area contributed by atoms with Gasteiger partial charge in [0.25, 0.3) is 5.69 Å². The van der Waals surface area contributed by atoms with Crippen LogP contribution in [0.4, 0.5) is 11.5 Å². The Hall–Kier alpha value is -0.820. The van der Waals surface area contributed by atoms with Crippen molar-refractivity contribution in [2.45, 2.75) is 25.8 Å². The van der Waals surface area contributed by atoms with Crippen molar-refractivity contribution in [1.29, 1.82) is 0 Å². The maximum absolute atomic E-state index is 10.8. The summed E-state index contributed by atoms with van der Waals surface area (Å²) >= 11 is 5.32. The van der Waals surface area contributed by atoms with Crippen LogP contribution in [0.2, 0.25) is 0 Å². The third-order valence-corrected chi connectivity index (χ3v) is 5.12. The van der Waals surface area contributed by atoms with E-state index in [4.69, 9.17) is 0 Å². The Balaban J connectivity index is 2.18. The predicted octanol–water partition coefficient (Wildman–Crippen LogP) is 3.37. The van der Waals surface area contributed by atoms with Gasteiger partial charge in [-0.3, -0.25) is 10.1 Å². The first kappa shape index (κ1) is 13.6. The van der Waals surface area contributed by atoms with Gasteiger partial charge in [0.1, 0.15) is 12.0 Å². The van der Waals surface area contributed by atoms with Crippen molar-refractivity contribution >= 4 is 39.2 Å². The lowest BCUT2D eigenvalue weighted by Crippen LogP contribution is -2.26. The fourth-order valence-electron chi connectivity index (χ4n) is 1.90. The Morgan fingerprint density at radius 3 is 3.06 bits per heavy atom. The molecule has 1 saturated heterocycles. The summed E-state index contributed by atoms with van der Waals surface area (Å²) in [5, 5.41) is 14.2. The molecule has 1 aromatic heterocycles. The molecule has 18 heavy (non-hydrogen) atoms. The van der Waals surface area contributed by atoms with Gasteiger partial charge in [-0.05, 0) is 41.4 Å². The summed E-state index contributed by atoms with van der Waals surface area (Å²) in [5.74, 6) is 2.97. The van der Waals surface area contributed by atoms with E-state index in [2.05, 4.69) is 26.2 Å². The topological polar surface area (TPSA) is 68.1 Å². The van der Waals surface area contributed by atoms with Gasteiger partial charge in [-0.25, -0.2) is 4.98 Å². The third kappa shape index (κ3) is 2.95. The third-order valence-electron chi connectivity index (χ3n) is 2.94. The average molecular weight is 332 g/mol. The Kier molecular flexibility index (Phi) is 4.45. The fraction of sp³-hybridized carbons (Fsp3) is 0.545. The van der Waals surface area contributed by atoms with E-state index in [1.54, 1.807) is 6.92 Å². The van der Waals surface area contributed by atoms with Gasteiger partial charge in [0, 0.05) is 17.4 Å². The summed E-state index contributed by atoms with van der Waals surface area (Å²) < 4.78 is 0.687. The van der Waals surface area contributed by atoms with E-state index in [-0.39, 0.29) is 5.69 Å². The monoisotopic (exact) mass is 331 g/mol. The van der Waals surface area contributed by atoms with Crippen molar-refractivity contribution < 1.29 is 4.92 Å². The van der Waals surface area contributed by atoms with Crippen molar-refractivity contribution in [2.75, 3.05) is 16.8 Å². The van der Waals surface area contributed by atoms with Crippen LogP contribution in [-0.2, 0) is 0 Å². The molecule has 1 fully saturated rings. The van der Waals surface area contributed by atoms with Crippen LogP contribution in [0, 0.1) is 17.0 Å². The van der Waals surface area contributed by atoms with Gasteiger partial charge >= 0.3 is 0 Å². The van der Waals surface area contributed by atoms with E-state index in [9.17, 15) is 10.1 Å². The SMILES string of the molecule is Cc1c([N+](=O)[O-])cnc(NC2CCCSC2)c1Br.